The molecule has 1 saturated heterocycles. The third-order valence-corrected chi connectivity index (χ3v) is 3.54. The van der Waals surface area contributed by atoms with E-state index in [9.17, 15) is 29.9 Å². The normalized spacial score (nSPS) is 30.5. The Morgan fingerprint density at radius 2 is 2.29 bits per heavy atom. The highest BCUT2D eigenvalue weighted by molar-refractivity contribution is 5.74. The second-order valence-corrected chi connectivity index (χ2v) is 5.30. The largest absolute Gasteiger partial charge is 0.462 e. The van der Waals surface area contributed by atoms with E-state index in [1.807, 2.05) is 4.98 Å². The number of aliphatic hydroxyl groups is 2. The zero-order chi connectivity index (χ0) is 18.1. The molecule has 2 unspecified atom stereocenters. The van der Waals surface area contributed by atoms with Crippen molar-refractivity contribution >= 4 is 5.97 Å². The fourth-order valence-electron chi connectivity index (χ4n) is 2.26. The number of H-pyrrole nitrogens is 1. The Morgan fingerprint density at radius 1 is 1.62 bits per heavy atom. The van der Waals surface area contributed by atoms with Crippen LogP contribution >= 0.6 is 0 Å². The van der Waals surface area contributed by atoms with E-state index in [4.69, 9.17) is 15.2 Å². The van der Waals surface area contributed by atoms with Crippen LogP contribution in [0.15, 0.2) is 21.9 Å². The van der Waals surface area contributed by atoms with E-state index in [1.54, 1.807) is 6.07 Å². The molecule has 0 aromatic carbocycles. The summed E-state index contributed by atoms with van der Waals surface area (Å²) in [4.78, 5) is 36.3. The zero-order valence-electron chi connectivity index (χ0n) is 12.6. The minimum Gasteiger partial charge on any atom is -0.462 e. The number of nitriles is 1. The quantitative estimate of drug-likeness (QED) is 0.409. The van der Waals surface area contributed by atoms with Gasteiger partial charge in [0.25, 0.3) is 11.3 Å². The fourth-order valence-corrected chi connectivity index (χ4v) is 2.26. The molecule has 1 aromatic rings. The lowest BCUT2D eigenvalue weighted by Crippen LogP contribution is -2.50. The standard InChI is InChI=1S/C13H16N4O7/c1-6(15)11(21)23-4-7-9(19)10(20)13(5-14,24-7)17-3-2-8(18)16-12(17)22/h2-3,6-7,9-10,19-20H,4,15H2,1H3,(H,16,18,22)/t6-,7+,9?,10?,13+/m0/s1. The van der Waals surface area contributed by atoms with Crippen molar-refractivity contribution in [1.82, 2.24) is 9.55 Å². The van der Waals surface area contributed by atoms with E-state index in [2.05, 4.69) is 0 Å². The van der Waals surface area contributed by atoms with Gasteiger partial charge >= 0.3 is 11.7 Å². The molecule has 5 atom stereocenters. The van der Waals surface area contributed by atoms with Crippen LogP contribution in [0.4, 0.5) is 0 Å². The Balaban J connectivity index is 2.32. The van der Waals surface area contributed by atoms with Crippen molar-refractivity contribution in [2.24, 2.45) is 5.73 Å². The fraction of sp³-hybridized carbons (Fsp3) is 0.538. The van der Waals surface area contributed by atoms with Gasteiger partial charge < -0.3 is 25.4 Å². The van der Waals surface area contributed by atoms with Gasteiger partial charge in [-0.15, -0.1) is 0 Å². The topological polar surface area (TPSA) is 181 Å². The number of nitrogens with two attached hydrogens (primary N) is 1. The van der Waals surface area contributed by atoms with Crippen molar-refractivity contribution in [3.05, 3.63) is 33.1 Å². The number of rotatable bonds is 4. The summed E-state index contributed by atoms with van der Waals surface area (Å²) < 4.78 is 10.8. The molecule has 0 saturated carbocycles. The van der Waals surface area contributed by atoms with Crippen molar-refractivity contribution < 1.29 is 24.5 Å². The zero-order valence-corrected chi connectivity index (χ0v) is 12.6. The molecule has 0 radical (unpaired) electrons. The smallest absolute Gasteiger partial charge is 0.331 e. The second kappa shape index (κ2) is 6.54. The number of hydrogen-bond donors (Lipinski definition) is 4. The van der Waals surface area contributed by atoms with E-state index in [1.165, 1.54) is 6.92 Å². The van der Waals surface area contributed by atoms with Crippen LogP contribution in [0.25, 0.3) is 0 Å². The molecular formula is C13H16N4O7. The minimum atomic E-state index is -2.29. The maximum atomic E-state index is 11.9. The predicted octanol–water partition coefficient (Wildman–Crippen LogP) is -3.28. The number of aliphatic hydroxyl groups excluding tert-OH is 2. The van der Waals surface area contributed by atoms with Crippen LogP contribution in [0.3, 0.4) is 0 Å². The van der Waals surface area contributed by atoms with Gasteiger partial charge in [-0.1, -0.05) is 0 Å². The highest BCUT2D eigenvalue weighted by atomic mass is 16.6. The molecule has 1 fully saturated rings. The molecule has 2 heterocycles. The maximum Gasteiger partial charge on any atom is 0.331 e. The van der Waals surface area contributed by atoms with Gasteiger partial charge in [-0.05, 0) is 6.92 Å². The third-order valence-electron chi connectivity index (χ3n) is 3.54. The van der Waals surface area contributed by atoms with Crippen molar-refractivity contribution in [2.75, 3.05) is 6.61 Å². The highest BCUT2D eigenvalue weighted by Crippen LogP contribution is 2.34. The number of aromatic nitrogens is 2. The number of aromatic amines is 1. The summed E-state index contributed by atoms with van der Waals surface area (Å²) in [5.41, 5.74) is 1.32. The minimum absolute atomic E-state index is 0.486. The van der Waals surface area contributed by atoms with Gasteiger partial charge in [-0.3, -0.25) is 19.1 Å². The first-order valence-electron chi connectivity index (χ1n) is 6.93. The number of ether oxygens (including phenoxy) is 2. The van der Waals surface area contributed by atoms with E-state index in [0.717, 1.165) is 12.3 Å². The number of hydrogen-bond acceptors (Lipinski definition) is 9. The molecule has 1 aliphatic rings. The second-order valence-electron chi connectivity index (χ2n) is 5.30. The molecule has 1 aromatic heterocycles. The molecule has 0 amide bonds. The molecule has 2 rings (SSSR count). The third kappa shape index (κ3) is 2.95. The Hall–Kier alpha value is -2.52. The van der Waals surface area contributed by atoms with Crippen LogP contribution in [0.1, 0.15) is 6.92 Å². The summed E-state index contributed by atoms with van der Waals surface area (Å²) in [6.45, 7) is 0.905. The van der Waals surface area contributed by atoms with Gasteiger partial charge in [0.05, 0.1) is 0 Å². The van der Waals surface area contributed by atoms with E-state index >= 15 is 0 Å². The van der Waals surface area contributed by atoms with Crippen molar-refractivity contribution in [3.63, 3.8) is 0 Å². The Kier molecular flexibility index (Phi) is 4.86. The molecular weight excluding hydrogens is 324 g/mol. The number of nitrogens with one attached hydrogen (secondary N) is 1. The van der Waals surface area contributed by atoms with E-state index < -0.39 is 53.9 Å². The van der Waals surface area contributed by atoms with Gasteiger partial charge in [0.15, 0.2) is 0 Å². The van der Waals surface area contributed by atoms with Crippen molar-refractivity contribution in [1.29, 1.82) is 5.26 Å². The summed E-state index contributed by atoms with van der Waals surface area (Å²) >= 11 is 0. The maximum absolute atomic E-state index is 11.9. The first kappa shape index (κ1) is 17.8. The molecule has 0 aliphatic carbocycles. The van der Waals surface area contributed by atoms with Crippen LogP contribution in [0.5, 0.6) is 0 Å². The summed E-state index contributed by atoms with van der Waals surface area (Å²) in [6.07, 6.45) is -3.77. The predicted molar refractivity (Wildman–Crippen MR) is 76.4 cm³/mol. The molecule has 11 nitrogen and oxygen atoms in total. The van der Waals surface area contributed by atoms with Gasteiger partial charge in [-0.25, -0.2) is 4.79 Å². The molecule has 5 N–H and O–H groups in total. The summed E-state index contributed by atoms with van der Waals surface area (Å²) in [5.74, 6) is -0.768. The molecule has 130 valence electrons. The van der Waals surface area contributed by atoms with Gasteiger partial charge in [0.1, 0.15) is 37.0 Å². The SMILES string of the molecule is C[C@H](N)C(=O)OC[C@H]1O[C@@](C#N)(n2ccc(=O)[nH]c2=O)C(O)C1O. The van der Waals surface area contributed by atoms with Crippen LogP contribution < -0.4 is 17.0 Å². The monoisotopic (exact) mass is 340 g/mol. The van der Waals surface area contributed by atoms with Crippen molar-refractivity contribution in [2.45, 2.75) is 37.0 Å². The molecule has 1 aliphatic heterocycles. The lowest BCUT2D eigenvalue weighted by atomic mass is 10.0. The number of carbonyl (C=O) groups excluding carboxylic acids is 1. The van der Waals surface area contributed by atoms with E-state index in [-0.39, 0.29) is 0 Å². The first-order valence-corrected chi connectivity index (χ1v) is 6.93. The molecule has 0 bridgehead atoms. The first-order chi connectivity index (χ1) is 11.2. The van der Waals surface area contributed by atoms with Gasteiger partial charge in [0.2, 0.25) is 0 Å². The van der Waals surface area contributed by atoms with Crippen LogP contribution in [-0.2, 0) is 20.0 Å². The van der Waals surface area contributed by atoms with Gasteiger partial charge in [-0.2, -0.15) is 5.26 Å². The average molecular weight is 340 g/mol. The summed E-state index contributed by atoms with van der Waals surface area (Å²) in [6, 6.07) is 1.66. The number of esters is 1. The average Bonchev–Trinajstić information content (AvgIpc) is 2.77. The summed E-state index contributed by atoms with van der Waals surface area (Å²) in [5, 5.41) is 29.6. The van der Waals surface area contributed by atoms with E-state index in [0.29, 0.717) is 4.57 Å². The van der Waals surface area contributed by atoms with Gasteiger partial charge in [0, 0.05) is 12.3 Å². The Labute approximate surface area is 134 Å². The van der Waals surface area contributed by atoms with Crippen LogP contribution in [-0.4, -0.2) is 56.7 Å². The van der Waals surface area contributed by atoms with Crippen LogP contribution in [0, 0.1) is 11.3 Å². The molecule has 11 heteroatoms. The number of nitrogens with zero attached hydrogens (tertiary/aromatic N) is 2. The molecule has 24 heavy (non-hydrogen) atoms. The number of carbonyl (C=O) groups is 1. The highest BCUT2D eigenvalue weighted by Gasteiger charge is 2.57. The lowest BCUT2D eigenvalue weighted by molar-refractivity contribution is -0.154. The van der Waals surface area contributed by atoms with Crippen molar-refractivity contribution in [3.8, 4) is 6.07 Å². The Morgan fingerprint density at radius 3 is 2.83 bits per heavy atom. The Bertz CT molecular complexity index is 780. The molecule has 0 spiro atoms. The lowest BCUT2D eigenvalue weighted by Gasteiger charge is -2.26. The van der Waals surface area contributed by atoms with Crippen LogP contribution in [0.2, 0.25) is 0 Å². The summed E-state index contributed by atoms with van der Waals surface area (Å²) in [7, 11) is 0.